The maximum atomic E-state index is 12.5. The van der Waals surface area contributed by atoms with Crippen molar-refractivity contribution in [2.45, 2.75) is 51.4 Å². The van der Waals surface area contributed by atoms with Crippen molar-refractivity contribution in [2.24, 2.45) is 11.3 Å². The Kier molecular flexibility index (Phi) is 5.37. The Labute approximate surface area is 140 Å². The Morgan fingerprint density at radius 1 is 1.13 bits per heavy atom. The molecule has 1 saturated carbocycles. The van der Waals surface area contributed by atoms with Crippen molar-refractivity contribution in [3.63, 3.8) is 0 Å². The van der Waals surface area contributed by atoms with Gasteiger partial charge in [-0.1, -0.05) is 37.3 Å². The van der Waals surface area contributed by atoms with Crippen LogP contribution in [0, 0.1) is 11.3 Å². The van der Waals surface area contributed by atoms with Gasteiger partial charge in [0.2, 0.25) is 5.91 Å². The molecule has 2 aliphatic rings. The predicted molar refractivity (Wildman–Crippen MR) is 94.4 cm³/mol. The van der Waals surface area contributed by atoms with Crippen LogP contribution in [0.25, 0.3) is 0 Å². The summed E-state index contributed by atoms with van der Waals surface area (Å²) in [5.41, 5.74) is 1.72. The Morgan fingerprint density at radius 3 is 2.43 bits per heavy atom. The van der Waals surface area contributed by atoms with Gasteiger partial charge in [0.25, 0.3) is 0 Å². The third kappa shape index (κ3) is 4.35. The zero-order valence-electron chi connectivity index (χ0n) is 14.3. The molecule has 0 atom stereocenters. The first-order chi connectivity index (χ1) is 11.2. The van der Waals surface area contributed by atoms with E-state index < -0.39 is 0 Å². The fourth-order valence-corrected chi connectivity index (χ4v) is 4.07. The van der Waals surface area contributed by atoms with E-state index >= 15 is 0 Å². The number of carbonyl (C=O) groups is 1. The highest BCUT2D eigenvalue weighted by molar-refractivity contribution is 5.78. The Hall–Kier alpha value is -1.35. The largest absolute Gasteiger partial charge is 0.355 e. The second-order valence-electron chi connectivity index (χ2n) is 7.74. The SMILES string of the molecule is CC1(CNC(=O)C2CCC(c3ccccc3)CC2)CCNCC1. The molecule has 0 radical (unpaired) electrons. The highest BCUT2D eigenvalue weighted by Gasteiger charge is 2.30. The van der Waals surface area contributed by atoms with Gasteiger partial charge in [-0.3, -0.25) is 4.79 Å². The van der Waals surface area contributed by atoms with Crippen LogP contribution in [0.2, 0.25) is 0 Å². The summed E-state index contributed by atoms with van der Waals surface area (Å²) < 4.78 is 0. The molecule has 3 rings (SSSR count). The molecule has 3 heteroatoms. The van der Waals surface area contributed by atoms with Crippen LogP contribution in [-0.2, 0) is 4.79 Å². The van der Waals surface area contributed by atoms with Crippen LogP contribution in [0.3, 0.4) is 0 Å². The lowest BCUT2D eigenvalue weighted by atomic mass is 9.78. The van der Waals surface area contributed by atoms with E-state index in [-0.39, 0.29) is 17.2 Å². The molecule has 1 aliphatic carbocycles. The van der Waals surface area contributed by atoms with Crippen LogP contribution in [0.1, 0.15) is 56.9 Å². The van der Waals surface area contributed by atoms with E-state index in [0.717, 1.165) is 58.2 Å². The number of benzene rings is 1. The summed E-state index contributed by atoms with van der Waals surface area (Å²) in [5.74, 6) is 1.15. The smallest absolute Gasteiger partial charge is 0.223 e. The molecule has 1 aromatic carbocycles. The molecule has 0 unspecified atom stereocenters. The minimum atomic E-state index is 0.222. The molecule has 2 N–H and O–H groups in total. The maximum absolute atomic E-state index is 12.5. The van der Waals surface area contributed by atoms with Gasteiger partial charge in [0.1, 0.15) is 0 Å². The van der Waals surface area contributed by atoms with Crippen molar-refractivity contribution in [1.82, 2.24) is 10.6 Å². The Morgan fingerprint density at radius 2 is 1.78 bits per heavy atom. The van der Waals surface area contributed by atoms with E-state index in [4.69, 9.17) is 0 Å². The number of nitrogens with one attached hydrogen (secondary N) is 2. The highest BCUT2D eigenvalue weighted by Crippen LogP contribution is 2.36. The topological polar surface area (TPSA) is 41.1 Å². The van der Waals surface area contributed by atoms with Crippen LogP contribution >= 0.6 is 0 Å². The van der Waals surface area contributed by atoms with E-state index in [2.05, 4.69) is 47.9 Å². The van der Waals surface area contributed by atoms with Gasteiger partial charge in [-0.15, -0.1) is 0 Å². The minimum Gasteiger partial charge on any atom is -0.355 e. The lowest BCUT2D eigenvalue weighted by Gasteiger charge is -2.35. The van der Waals surface area contributed by atoms with E-state index in [1.807, 2.05) is 0 Å². The second-order valence-corrected chi connectivity index (χ2v) is 7.74. The first-order valence-electron chi connectivity index (χ1n) is 9.20. The Bertz CT molecular complexity index is 500. The summed E-state index contributed by atoms with van der Waals surface area (Å²) in [4.78, 5) is 12.5. The zero-order chi connectivity index (χ0) is 16.1. The molecule has 1 aliphatic heterocycles. The molecule has 1 amide bonds. The average Bonchev–Trinajstić information content (AvgIpc) is 2.61. The van der Waals surface area contributed by atoms with Crippen molar-refractivity contribution < 1.29 is 4.79 Å². The summed E-state index contributed by atoms with van der Waals surface area (Å²) in [6.07, 6.45) is 6.67. The first kappa shape index (κ1) is 16.5. The fraction of sp³-hybridized carbons (Fsp3) is 0.650. The monoisotopic (exact) mass is 314 g/mol. The summed E-state index contributed by atoms with van der Waals surface area (Å²) >= 11 is 0. The lowest BCUT2D eigenvalue weighted by Crippen LogP contribution is -2.44. The van der Waals surface area contributed by atoms with Crippen molar-refractivity contribution in [1.29, 1.82) is 0 Å². The van der Waals surface area contributed by atoms with Crippen molar-refractivity contribution in [3.8, 4) is 0 Å². The molecule has 1 saturated heterocycles. The molecular weight excluding hydrogens is 284 g/mol. The van der Waals surface area contributed by atoms with E-state index in [9.17, 15) is 4.79 Å². The van der Waals surface area contributed by atoms with Crippen molar-refractivity contribution in [3.05, 3.63) is 35.9 Å². The molecule has 23 heavy (non-hydrogen) atoms. The molecule has 0 bridgehead atoms. The standard InChI is InChI=1S/C20H30N2O/c1-20(11-13-21-14-12-20)15-22-19(23)18-9-7-17(8-10-18)16-5-3-2-4-6-16/h2-6,17-18,21H,7-15H2,1H3,(H,22,23). The van der Waals surface area contributed by atoms with Gasteiger partial charge in [-0.05, 0) is 68.5 Å². The van der Waals surface area contributed by atoms with E-state index in [1.165, 1.54) is 5.56 Å². The highest BCUT2D eigenvalue weighted by atomic mass is 16.1. The molecular formula is C20H30N2O. The minimum absolute atomic E-state index is 0.222. The molecule has 126 valence electrons. The van der Waals surface area contributed by atoms with Crippen LogP contribution in [-0.4, -0.2) is 25.5 Å². The van der Waals surface area contributed by atoms with Gasteiger partial charge in [0, 0.05) is 12.5 Å². The quantitative estimate of drug-likeness (QED) is 0.893. The maximum Gasteiger partial charge on any atom is 0.223 e. The lowest BCUT2D eigenvalue weighted by molar-refractivity contribution is -0.126. The van der Waals surface area contributed by atoms with Gasteiger partial charge in [0.15, 0.2) is 0 Å². The summed E-state index contributed by atoms with van der Waals surface area (Å²) in [7, 11) is 0. The summed E-state index contributed by atoms with van der Waals surface area (Å²) in [6, 6.07) is 10.8. The van der Waals surface area contributed by atoms with Crippen LogP contribution in [0.4, 0.5) is 0 Å². The molecule has 1 aromatic rings. The third-order valence-electron chi connectivity index (χ3n) is 5.87. The predicted octanol–water partition coefficient (Wildman–Crippen LogP) is 3.47. The number of carbonyl (C=O) groups excluding carboxylic acids is 1. The van der Waals surface area contributed by atoms with Crippen molar-refractivity contribution in [2.75, 3.05) is 19.6 Å². The van der Waals surface area contributed by atoms with Gasteiger partial charge in [0.05, 0.1) is 0 Å². The van der Waals surface area contributed by atoms with E-state index in [0.29, 0.717) is 5.92 Å². The van der Waals surface area contributed by atoms with Gasteiger partial charge >= 0.3 is 0 Å². The van der Waals surface area contributed by atoms with Crippen LogP contribution in [0.15, 0.2) is 30.3 Å². The zero-order valence-corrected chi connectivity index (χ0v) is 14.3. The second kappa shape index (κ2) is 7.48. The molecule has 0 spiro atoms. The van der Waals surface area contributed by atoms with Gasteiger partial charge in [-0.25, -0.2) is 0 Å². The Balaban J connectivity index is 1.45. The van der Waals surface area contributed by atoms with Crippen LogP contribution < -0.4 is 10.6 Å². The summed E-state index contributed by atoms with van der Waals surface area (Å²) in [5, 5.41) is 6.65. The number of piperidine rings is 1. The molecule has 2 fully saturated rings. The van der Waals surface area contributed by atoms with Crippen molar-refractivity contribution >= 4 is 5.91 Å². The third-order valence-corrected chi connectivity index (χ3v) is 5.87. The fourth-order valence-electron chi connectivity index (χ4n) is 4.07. The summed E-state index contributed by atoms with van der Waals surface area (Å²) in [6.45, 7) is 5.30. The molecule has 1 heterocycles. The molecule has 0 aromatic heterocycles. The number of amides is 1. The van der Waals surface area contributed by atoms with Gasteiger partial charge < -0.3 is 10.6 Å². The van der Waals surface area contributed by atoms with E-state index in [1.54, 1.807) is 0 Å². The average molecular weight is 314 g/mol. The first-order valence-corrected chi connectivity index (χ1v) is 9.20. The number of rotatable bonds is 4. The normalized spacial score (nSPS) is 27.3. The molecule has 3 nitrogen and oxygen atoms in total. The van der Waals surface area contributed by atoms with Gasteiger partial charge in [-0.2, -0.15) is 0 Å². The van der Waals surface area contributed by atoms with Crippen LogP contribution in [0.5, 0.6) is 0 Å². The number of hydrogen-bond acceptors (Lipinski definition) is 2. The number of hydrogen-bond donors (Lipinski definition) is 2.